The Morgan fingerprint density at radius 1 is 0.947 bits per heavy atom. The Bertz CT molecular complexity index is 1350. The molecule has 0 fully saturated rings. The van der Waals surface area contributed by atoms with Crippen molar-refractivity contribution in [3.8, 4) is 11.5 Å². The smallest absolute Gasteiger partial charge is 0.433 e. The first-order valence-electron chi connectivity index (χ1n) is 11.3. The van der Waals surface area contributed by atoms with Gasteiger partial charge in [0.15, 0.2) is 0 Å². The van der Waals surface area contributed by atoms with Gasteiger partial charge >= 0.3 is 6.18 Å². The monoisotopic (exact) mass is 550 g/mol. The molecule has 2 N–H and O–H groups in total. The average Bonchev–Trinajstić information content (AvgIpc) is 2.91. The van der Waals surface area contributed by atoms with Gasteiger partial charge in [0, 0.05) is 22.9 Å². The first kappa shape index (κ1) is 28.8. The summed E-state index contributed by atoms with van der Waals surface area (Å²) in [6.07, 6.45) is -2.09. The summed E-state index contributed by atoms with van der Waals surface area (Å²) in [7, 11) is 0.153. The SMILES string of the molecule is COc1ccc(CN=C(NOCc2ccc(OC)cc2)NS(C)(=O)=C(C)c2ccc(C(F)(F)F)nc2)cc1. The number of alkyl halides is 3. The number of guanidine groups is 1. The van der Waals surface area contributed by atoms with Crippen LogP contribution in [0.1, 0.15) is 29.3 Å². The summed E-state index contributed by atoms with van der Waals surface area (Å²) >= 11 is 0. The maximum Gasteiger partial charge on any atom is 0.433 e. The van der Waals surface area contributed by atoms with Crippen molar-refractivity contribution in [2.24, 2.45) is 4.99 Å². The molecule has 8 nitrogen and oxygen atoms in total. The van der Waals surface area contributed by atoms with Crippen molar-refractivity contribution in [3.63, 3.8) is 0 Å². The van der Waals surface area contributed by atoms with E-state index in [9.17, 15) is 17.4 Å². The van der Waals surface area contributed by atoms with Gasteiger partial charge in [-0.25, -0.2) is 14.7 Å². The van der Waals surface area contributed by atoms with Crippen LogP contribution < -0.4 is 19.7 Å². The Hall–Kier alpha value is -3.77. The quantitative estimate of drug-likeness (QED) is 0.135. The predicted molar refractivity (Wildman–Crippen MR) is 141 cm³/mol. The highest BCUT2D eigenvalue weighted by atomic mass is 32.2. The van der Waals surface area contributed by atoms with Gasteiger partial charge in [-0.05, 0) is 48.4 Å². The van der Waals surface area contributed by atoms with Gasteiger partial charge in [-0.2, -0.15) is 13.2 Å². The highest BCUT2D eigenvalue weighted by Crippen LogP contribution is 2.27. The molecule has 1 unspecified atom stereocenters. The summed E-state index contributed by atoms with van der Waals surface area (Å²) in [5, 5.41) is 0. The number of hydrogen-bond acceptors (Lipinski definition) is 6. The van der Waals surface area contributed by atoms with Gasteiger partial charge in [0.05, 0.1) is 37.1 Å². The summed E-state index contributed by atoms with van der Waals surface area (Å²) in [4.78, 5) is 13.8. The van der Waals surface area contributed by atoms with Gasteiger partial charge in [-0.3, -0.25) is 14.5 Å². The van der Waals surface area contributed by atoms with Crippen molar-refractivity contribution in [1.82, 2.24) is 15.2 Å². The molecule has 2 aromatic carbocycles. The van der Waals surface area contributed by atoms with Crippen molar-refractivity contribution >= 4 is 20.5 Å². The Kier molecular flexibility index (Phi) is 9.59. The zero-order valence-corrected chi connectivity index (χ0v) is 22.2. The fourth-order valence-electron chi connectivity index (χ4n) is 3.15. The molecule has 0 aliphatic heterocycles. The number of nitrogens with zero attached hydrogens (tertiary/aromatic N) is 2. The molecule has 204 valence electrons. The molecule has 0 aliphatic rings. The summed E-state index contributed by atoms with van der Waals surface area (Å²) in [5.41, 5.74) is 3.69. The van der Waals surface area contributed by atoms with Crippen LogP contribution in [0, 0.1) is 0 Å². The first-order valence-corrected chi connectivity index (χ1v) is 13.3. The number of aromatic nitrogens is 1. The average molecular weight is 551 g/mol. The fourth-order valence-corrected chi connectivity index (χ4v) is 4.35. The summed E-state index contributed by atoms with van der Waals surface area (Å²) in [6.45, 7) is 1.95. The highest BCUT2D eigenvalue weighted by molar-refractivity contribution is 8.00. The van der Waals surface area contributed by atoms with Crippen LogP contribution in [0.15, 0.2) is 71.9 Å². The van der Waals surface area contributed by atoms with Gasteiger partial charge in [0.1, 0.15) is 17.2 Å². The van der Waals surface area contributed by atoms with Gasteiger partial charge in [0.2, 0.25) is 5.96 Å². The number of hydroxylamine groups is 1. The van der Waals surface area contributed by atoms with Crippen LogP contribution in [-0.4, -0.2) is 40.5 Å². The predicted octanol–water partition coefficient (Wildman–Crippen LogP) is 4.35. The number of hydrogen-bond donors (Lipinski definition) is 2. The van der Waals surface area contributed by atoms with Crippen LogP contribution in [0.25, 0.3) is 0 Å². The second kappa shape index (κ2) is 12.7. The molecule has 1 heterocycles. The Labute approximate surface area is 220 Å². The highest BCUT2D eigenvalue weighted by Gasteiger charge is 2.32. The van der Waals surface area contributed by atoms with Gasteiger partial charge in [0.25, 0.3) is 0 Å². The molecular weight excluding hydrogens is 521 g/mol. The number of ether oxygens (including phenoxy) is 2. The van der Waals surface area contributed by atoms with E-state index in [1.165, 1.54) is 12.3 Å². The second-order valence-electron chi connectivity index (χ2n) is 8.18. The minimum atomic E-state index is -4.56. The third kappa shape index (κ3) is 8.12. The molecular formula is C26H29F3N4O4S. The lowest BCUT2D eigenvalue weighted by molar-refractivity contribution is -0.141. The number of benzene rings is 2. The Morgan fingerprint density at radius 3 is 2.03 bits per heavy atom. The van der Waals surface area contributed by atoms with Gasteiger partial charge in [-0.15, -0.1) is 0 Å². The van der Waals surface area contributed by atoms with Crippen molar-refractivity contribution < 1.29 is 31.7 Å². The molecule has 38 heavy (non-hydrogen) atoms. The van der Waals surface area contributed by atoms with Crippen LogP contribution >= 0.6 is 0 Å². The first-order chi connectivity index (χ1) is 18.0. The molecule has 3 rings (SSSR count). The zero-order chi connectivity index (χ0) is 27.8. The van der Waals surface area contributed by atoms with Crippen LogP contribution in [-0.2, 0) is 33.9 Å². The molecule has 0 saturated heterocycles. The maximum absolute atomic E-state index is 13.6. The number of methoxy groups -OCH3 is 2. The molecule has 1 atom stereocenters. The van der Waals surface area contributed by atoms with E-state index in [2.05, 4.69) is 20.2 Å². The number of nitrogens with one attached hydrogen (secondary N) is 2. The lowest BCUT2D eigenvalue weighted by Gasteiger charge is -2.17. The lowest BCUT2D eigenvalue weighted by atomic mass is 10.2. The molecule has 3 aromatic rings. The standard InChI is InChI=1S/C26H29F3N4O4S/c1-18(21-9-14-24(30-16-21)26(27,28)29)38(4,34)33-25(31-15-19-5-10-22(35-2)11-6-19)32-37-17-20-7-12-23(36-3)13-8-20/h5-14,16H,15,17H2,1-4H3,(H2,31,32,33,34). The molecule has 0 spiro atoms. The number of rotatable bonds is 9. The topological polar surface area (TPSA) is 94.1 Å². The van der Waals surface area contributed by atoms with E-state index < -0.39 is 21.6 Å². The van der Waals surface area contributed by atoms with Crippen molar-refractivity contribution in [2.45, 2.75) is 26.3 Å². The normalized spacial score (nSPS) is 13.4. The van der Waals surface area contributed by atoms with Gasteiger partial charge < -0.3 is 9.47 Å². The molecule has 1 aromatic heterocycles. The van der Waals surface area contributed by atoms with Crippen LogP contribution in [0.3, 0.4) is 0 Å². The lowest BCUT2D eigenvalue weighted by Crippen LogP contribution is -2.42. The van der Waals surface area contributed by atoms with E-state index in [1.54, 1.807) is 45.4 Å². The number of aliphatic imine (C=N–C) groups is 1. The van der Waals surface area contributed by atoms with Gasteiger partial charge in [-0.1, -0.05) is 30.3 Å². The second-order valence-corrected chi connectivity index (χ2v) is 10.7. The third-order valence-electron chi connectivity index (χ3n) is 5.48. The summed E-state index contributed by atoms with van der Waals surface area (Å²) in [6, 6.07) is 16.6. The number of halogens is 3. The third-order valence-corrected chi connectivity index (χ3v) is 7.47. The molecule has 0 saturated carbocycles. The van der Waals surface area contributed by atoms with E-state index in [1.807, 2.05) is 24.3 Å². The molecule has 12 heteroatoms. The van der Waals surface area contributed by atoms with Crippen LogP contribution in [0.5, 0.6) is 11.5 Å². The fraction of sp³-hybridized carbons (Fsp3) is 0.269. The number of pyridine rings is 1. The largest absolute Gasteiger partial charge is 0.497 e. The molecule has 0 amide bonds. The Morgan fingerprint density at radius 2 is 1.53 bits per heavy atom. The van der Waals surface area contributed by atoms with E-state index in [0.29, 0.717) is 21.9 Å². The van der Waals surface area contributed by atoms with Crippen LogP contribution in [0.4, 0.5) is 13.2 Å². The molecule has 0 bridgehead atoms. The van der Waals surface area contributed by atoms with Crippen molar-refractivity contribution in [2.75, 3.05) is 20.5 Å². The summed E-state index contributed by atoms with van der Waals surface area (Å²) < 4.78 is 65.4. The maximum atomic E-state index is 13.6. The summed E-state index contributed by atoms with van der Waals surface area (Å²) in [5.74, 6) is 1.49. The minimum Gasteiger partial charge on any atom is -0.497 e. The van der Waals surface area contributed by atoms with E-state index in [4.69, 9.17) is 14.3 Å². The Balaban J connectivity index is 1.81. The van der Waals surface area contributed by atoms with E-state index in [-0.39, 0.29) is 19.1 Å². The van der Waals surface area contributed by atoms with E-state index in [0.717, 1.165) is 23.4 Å². The van der Waals surface area contributed by atoms with Crippen molar-refractivity contribution in [3.05, 3.63) is 89.2 Å². The molecule has 0 radical (unpaired) electrons. The van der Waals surface area contributed by atoms with Crippen LogP contribution in [0.2, 0.25) is 0 Å². The van der Waals surface area contributed by atoms with E-state index >= 15 is 0 Å². The van der Waals surface area contributed by atoms with Crippen molar-refractivity contribution in [1.29, 1.82) is 0 Å². The zero-order valence-electron chi connectivity index (χ0n) is 21.3. The molecule has 0 aliphatic carbocycles. The minimum absolute atomic E-state index is 0.0843.